The number of hydrazone groups is 1. The number of aryl methyl sites for hydroxylation is 3. The van der Waals surface area contributed by atoms with Crippen LogP contribution in [-0.4, -0.2) is 44.0 Å². The minimum Gasteiger partial charge on any atom is -0.378 e. The van der Waals surface area contributed by atoms with Crippen molar-refractivity contribution in [1.82, 2.24) is 30.7 Å². The molecule has 2 heterocycles. The van der Waals surface area contributed by atoms with Gasteiger partial charge in [0, 0.05) is 12.7 Å². The third-order valence-electron chi connectivity index (χ3n) is 4.51. The number of amides is 1. The van der Waals surface area contributed by atoms with Crippen LogP contribution in [-0.2, 0) is 11.3 Å². The van der Waals surface area contributed by atoms with E-state index in [-0.39, 0.29) is 23.9 Å². The van der Waals surface area contributed by atoms with E-state index in [2.05, 4.69) is 48.8 Å². The quantitative estimate of drug-likeness (QED) is 0.468. The standard InChI is InChI=1S/C18H22N8O3/c1-9-6-11(3)13(7-10(9)2)12(4)20-22-18(27)15-14(8-28-5)26(25-21-15)17-16(19)23-29-24-17/h6-7H,8H2,1-5H3,(H2,19,23)(H,22,27). The SMILES string of the molecule is COCc1c(C(=O)NN=C(C)c2cc(C)c(C)cc2C)nnn1-c1nonc1N. The number of carbonyl (C=O) groups is 1. The Hall–Kier alpha value is -3.60. The van der Waals surface area contributed by atoms with Gasteiger partial charge in [0.05, 0.1) is 12.3 Å². The number of nitrogens with two attached hydrogens (primary N) is 1. The Balaban J connectivity index is 1.88. The van der Waals surface area contributed by atoms with E-state index in [1.54, 1.807) is 0 Å². The third kappa shape index (κ3) is 3.99. The van der Waals surface area contributed by atoms with Gasteiger partial charge in [-0.2, -0.15) is 9.78 Å². The fourth-order valence-electron chi connectivity index (χ4n) is 2.85. The van der Waals surface area contributed by atoms with E-state index < -0.39 is 5.91 Å². The van der Waals surface area contributed by atoms with Crippen LogP contribution in [0.3, 0.4) is 0 Å². The molecular weight excluding hydrogens is 376 g/mol. The molecule has 0 spiro atoms. The van der Waals surface area contributed by atoms with Gasteiger partial charge < -0.3 is 10.5 Å². The lowest BCUT2D eigenvalue weighted by molar-refractivity contribution is 0.0944. The molecule has 11 heteroatoms. The van der Waals surface area contributed by atoms with Gasteiger partial charge >= 0.3 is 0 Å². The summed E-state index contributed by atoms with van der Waals surface area (Å²) in [7, 11) is 1.48. The van der Waals surface area contributed by atoms with Crippen molar-refractivity contribution in [3.63, 3.8) is 0 Å². The molecule has 1 aromatic carbocycles. The maximum Gasteiger partial charge on any atom is 0.293 e. The van der Waals surface area contributed by atoms with E-state index in [0.29, 0.717) is 11.4 Å². The summed E-state index contributed by atoms with van der Waals surface area (Å²) in [6.45, 7) is 7.95. The lowest BCUT2D eigenvalue weighted by Crippen LogP contribution is -2.22. The van der Waals surface area contributed by atoms with Crippen LogP contribution in [0.25, 0.3) is 5.82 Å². The number of hydrogen-bond acceptors (Lipinski definition) is 9. The molecule has 0 atom stereocenters. The van der Waals surface area contributed by atoms with Crippen molar-refractivity contribution in [3.8, 4) is 5.82 Å². The number of anilines is 1. The Morgan fingerprint density at radius 1 is 1.24 bits per heavy atom. The van der Waals surface area contributed by atoms with Crippen molar-refractivity contribution < 1.29 is 14.2 Å². The predicted octanol–water partition coefficient (Wildman–Crippen LogP) is 1.46. The smallest absolute Gasteiger partial charge is 0.293 e. The second-order valence-corrected chi connectivity index (χ2v) is 6.59. The molecule has 152 valence electrons. The summed E-state index contributed by atoms with van der Waals surface area (Å²) in [5, 5.41) is 19.2. The zero-order valence-electron chi connectivity index (χ0n) is 16.8. The summed E-state index contributed by atoms with van der Waals surface area (Å²) in [4.78, 5) is 12.7. The summed E-state index contributed by atoms with van der Waals surface area (Å²) >= 11 is 0. The Kier molecular flexibility index (Phi) is 5.69. The maximum atomic E-state index is 12.7. The van der Waals surface area contributed by atoms with Crippen molar-refractivity contribution in [2.75, 3.05) is 12.8 Å². The van der Waals surface area contributed by atoms with Crippen LogP contribution in [0.2, 0.25) is 0 Å². The normalized spacial score (nSPS) is 11.7. The number of carbonyl (C=O) groups excluding carboxylic acids is 1. The Morgan fingerprint density at radius 2 is 1.97 bits per heavy atom. The van der Waals surface area contributed by atoms with Crippen LogP contribution in [0.5, 0.6) is 0 Å². The first kappa shape index (κ1) is 20.1. The first-order valence-corrected chi connectivity index (χ1v) is 8.78. The average Bonchev–Trinajstić information content (AvgIpc) is 3.28. The maximum absolute atomic E-state index is 12.7. The molecule has 0 bridgehead atoms. The molecule has 3 aromatic rings. The van der Waals surface area contributed by atoms with Gasteiger partial charge in [-0.25, -0.2) is 10.1 Å². The molecule has 2 aromatic heterocycles. The third-order valence-corrected chi connectivity index (χ3v) is 4.51. The largest absolute Gasteiger partial charge is 0.378 e. The first-order valence-electron chi connectivity index (χ1n) is 8.78. The molecule has 0 aliphatic heterocycles. The van der Waals surface area contributed by atoms with E-state index >= 15 is 0 Å². The summed E-state index contributed by atoms with van der Waals surface area (Å²) in [6, 6.07) is 4.13. The highest BCUT2D eigenvalue weighted by Gasteiger charge is 2.23. The van der Waals surface area contributed by atoms with Crippen molar-refractivity contribution in [2.45, 2.75) is 34.3 Å². The van der Waals surface area contributed by atoms with Gasteiger partial charge in [0.15, 0.2) is 5.69 Å². The molecular formula is C18H22N8O3. The summed E-state index contributed by atoms with van der Waals surface area (Å²) < 4.78 is 11.0. The molecule has 1 amide bonds. The van der Waals surface area contributed by atoms with E-state index in [9.17, 15) is 4.79 Å². The number of hydrogen-bond donors (Lipinski definition) is 2. The van der Waals surface area contributed by atoms with Gasteiger partial charge in [0.1, 0.15) is 5.69 Å². The van der Waals surface area contributed by atoms with Gasteiger partial charge in [-0.1, -0.05) is 11.3 Å². The summed E-state index contributed by atoms with van der Waals surface area (Å²) in [6.07, 6.45) is 0. The monoisotopic (exact) mass is 398 g/mol. The molecule has 0 radical (unpaired) electrons. The molecule has 3 N–H and O–H groups in total. The molecule has 29 heavy (non-hydrogen) atoms. The lowest BCUT2D eigenvalue weighted by Gasteiger charge is -2.10. The van der Waals surface area contributed by atoms with Crippen LogP contribution in [0.15, 0.2) is 21.9 Å². The van der Waals surface area contributed by atoms with Gasteiger partial charge in [-0.15, -0.1) is 5.10 Å². The Labute approximate surface area is 166 Å². The van der Waals surface area contributed by atoms with E-state index in [0.717, 1.165) is 16.7 Å². The topological polar surface area (TPSA) is 146 Å². The first-order chi connectivity index (χ1) is 13.8. The number of methoxy groups -OCH3 is 1. The minimum absolute atomic E-state index is 0.0123. The minimum atomic E-state index is -0.542. The highest BCUT2D eigenvalue weighted by Crippen LogP contribution is 2.18. The van der Waals surface area contributed by atoms with Crippen molar-refractivity contribution in [2.24, 2.45) is 5.10 Å². The molecule has 0 aliphatic carbocycles. The van der Waals surface area contributed by atoms with Crippen molar-refractivity contribution in [1.29, 1.82) is 0 Å². The van der Waals surface area contributed by atoms with Crippen molar-refractivity contribution in [3.05, 3.63) is 45.8 Å². The molecule has 11 nitrogen and oxygen atoms in total. The Morgan fingerprint density at radius 3 is 2.62 bits per heavy atom. The number of rotatable bonds is 6. The highest BCUT2D eigenvalue weighted by atomic mass is 16.6. The van der Waals surface area contributed by atoms with E-state index in [1.165, 1.54) is 17.4 Å². The molecule has 0 aliphatic rings. The predicted molar refractivity (Wildman–Crippen MR) is 105 cm³/mol. The molecule has 0 fully saturated rings. The number of aromatic nitrogens is 5. The number of nitrogen functional groups attached to an aromatic ring is 1. The van der Waals surface area contributed by atoms with Crippen LogP contribution in [0, 0.1) is 20.8 Å². The highest BCUT2D eigenvalue weighted by molar-refractivity contribution is 6.01. The van der Waals surface area contributed by atoms with Gasteiger partial charge in [-0.05, 0) is 60.8 Å². The zero-order chi connectivity index (χ0) is 21.1. The number of nitrogens with one attached hydrogen (secondary N) is 1. The molecule has 0 saturated heterocycles. The summed E-state index contributed by atoms with van der Waals surface area (Å²) in [5.41, 5.74) is 13.6. The van der Waals surface area contributed by atoms with Crippen LogP contribution >= 0.6 is 0 Å². The summed E-state index contributed by atoms with van der Waals surface area (Å²) in [5.74, 6) is -0.411. The number of nitrogens with zero attached hydrogens (tertiary/aromatic N) is 6. The van der Waals surface area contributed by atoms with Crippen LogP contribution in [0.4, 0.5) is 5.82 Å². The molecule has 0 unspecified atom stereocenters. The average molecular weight is 398 g/mol. The van der Waals surface area contributed by atoms with Crippen molar-refractivity contribution >= 4 is 17.4 Å². The second-order valence-electron chi connectivity index (χ2n) is 6.59. The van der Waals surface area contributed by atoms with Gasteiger partial charge in [0.25, 0.3) is 5.91 Å². The number of ether oxygens (including phenoxy) is 1. The van der Waals surface area contributed by atoms with Gasteiger partial charge in [0.2, 0.25) is 11.6 Å². The number of benzene rings is 1. The van der Waals surface area contributed by atoms with E-state index in [1.807, 2.05) is 26.8 Å². The van der Waals surface area contributed by atoms with Gasteiger partial charge in [-0.3, -0.25) is 4.79 Å². The second kappa shape index (κ2) is 8.19. The molecule has 3 rings (SSSR count). The van der Waals surface area contributed by atoms with Crippen LogP contribution < -0.4 is 11.2 Å². The fraction of sp³-hybridized carbons (Fsp3) is 0.333. The Bertz CT molecular complexity index is 1080. The lowest BCUT2D eigenvalue weighted by atomic mass is 9.98. The van der Waals surface area contributed by atoms with Crippen LogP contribution in [0.1, 0.15) is 45.4 Å². The fourth-order valence-corrected chi connectivity index (χ4v) is 2.85. The van der Waals surface area contributed by atoms with E-state index in [4.69, 9.17) is 10.5 Å². The molecule has 0 saturated carbocycles. The zero-order valence-corrected chi connectivity index (χ0v) is 16.8.